The summed E-state index contributed by atoms with van der Waals surface area (Å²) < 4.78 is 19.6. The van der Waals surface area contributed by atoms with E-state index in [4.69, 9.17) is 19.9 Å². The van der Waals surface area contributed by atoms with Crippen LogP contribution in [0.3, 0.4) is 0 Å². The van der Waals surface area contributed by atoms with E-state index in [1.54, 1.807) is 6.92 Å². The molecule has 0 aromatic carbocycles. The van der Waals surface area contributed by atoms with Crippen molar-refractivity contribution in [3.05, 3.63) is 0 Å². The second-order valence-electron chi connectivity index (χ2n) is 16.2. The van der Waals surface area contributed by atoms with Crippen molar-refractivity contribution in [3.63, 3.8) is 0 Å². The molecular formula is C34H59N3O7. The molecular weight excluding hydrogens is 562 g/mol. The Labute approximate surface area is 263 Å². The molecule has 2 saturated heterocycles. The Balaban J connectivity index is 1.18. The molecule has 6 N–H and O–H groups in total. The maximum Gasteiger partial charge on any atom is 0.303 e. The predicted molar refractivity (Wildman–Crippen MR) is 165 cm³/mol. The Morgan fingerprint density at radius 1 is 1.02 bits per heavy atom. The standard InChI is InChI=1S/C34H59N3O7/c1-19-28(40)27(35)29(41)31(42-19)43-21-9-12-32(2)20(17-21)7-8-25-24(32)10-13-33(3)23-11-14-34(25,33)44-30(22(23)18-26(38)39)36-15-6-16-37(4)5/h19-25,27-31,36,40-41H,6-18,35H2,1-5H3,(H,38,39)/t19-,20+,21-,22-,23+,24-,25+,27-,28-,29+,30+,31-,32-,33+,34-/m0/s1. The highest BCUT2D eigenvalue weighted by Gasteiger charge is 2.72. The molecule has 0 amide bonds. The van der Waals surface area contributed by atoms with Crippen LogP contribution in [0, 0.1) is 40.4 Å². The van der Waals surface area contributed by atoms with Crippen LogP contribution in [-0.4, -0.2) is 102 Å². The van der Waals surface area contributed by atoms with Gasteiger partial charge >= 0.3 is 5.97 Å². The first-order chi connectivity index (χ1) is 20.8. The number of nitrogens with one attached hydrogen (secondary N) is 1. The molecule has 0 aromatic heterocycles. The molecule has 6 rings (SSSR count). The van der Waals surface area contributed by atoms with Crippen LogP contribution in [0.15, 0.2) is 0 Å². The molecule has 0 aromatic rings. The van der Waals surface area contributed by atoms with Crippen molar-refractivity contribution in [2.75, 3.05) is 27.2 Å². The Bertz CT molecular complexity index is 1050. The van der Waals surface area contributed by atoms with E-state index in [1.165, 1.54) is 6.42 Å². The highest BCUT2D eigenvalue weighted by Crippen LogP contribution is 2.73. The van der Waals surface area contributed by atoms with Crippen LogP contribution >= 0.6 is 0 Å². The zero-order chi connectivity index (χ0) is 31.6. The van der Waals surface area contributed by atoms with Gasteiger partial charge < -0.3 is 40.2 Å². The number of hydrogen-bond acceptors (Lipinski definition) is 9. The number of aliphatic hydroxyl groups is 2. The van der Waals surface area contributed by atoms with Crippen molar-refractivity contribution in [2.24, 2.45) is 46.2 Å². The molecule has 15 atom stereocenters. The lowest BCUT2D eigenvalue weighted by atomic mass is 9.42. The lowest BCUT2D eigenvalue weighted by Gasteiger charge is -2.67. The summed E-state index contributed by atoms with van der Waals surface area (Å²) >= 11 is 0. The van der Waals surface area contributed by atoms with E-state index < -0.39 is 36.6 Å². The van der Waals surface area contributed by atoms with E-state index in [0.717, 1.165) is 70.9 Å². The molecule has 10 heteroatoms. The number of nitrogens with two attached hydrogens (primary N) is 1. The summed E-state index contributed by atoms with van der Waals surface area (Å²) in [6, 6.07) is -0.782. The van der Waals surface area contributed by atoms with E-state index in [9.17, 15) is 20.1 Å². The van der Waals surface area contributed by atoms with Crippen LogP contribution in [0.2, 0.25) is 0 Å². The molecule has 2 aliphatic heterocycles. The maximum atomic E-state index is 12.1. The number of carboxylic acid groups (broad SMARTS) is 1. The van der Waals surface area contributed by atoms with Gasteiger partial charge in [-0.3, -0.25) is 10.1 Å². The fraction of sp³-hybridized carbons (Fsp3) is 0.971. The van der Waals surface area contributed by atoms with Gasteiger partial charge in [0.15, 0.2) is 6.29 Å². The molecule has 44 heavy (non-hydrogen) atoms. The molecule has 2 bridgehead atoms. The molecule has 6 aliphatic rings. The van der Waals surface area contributed by atoms with E-state index in [0.29, 0.717) is 23.7 Å². The van der Waals surface area contributed by atoms with Gasteiger partial charge in [-0.15, -0.1) is 0 Å². The smallest absolute Gasteiger partial charge is 0.303 e. The predicted octanol–water partition coefficient (Wildman–Crippen LogP) is 2.94. The van der Waals surface area contributed by atoms with Gasteiger partial charge in [0, 0.05) is 11.3 Å². The zero-order valence-electron chi connectivity index (χ0n) is 27.6. The Morgan fingerprint density at radius 2 is 1.77 bits per heavy atom. The number of aliphatic carboxylic acids is 1. The number of fused-ring (bicyclic) bond motifs is 3. The number of aliphatic hydroxyl groups excluding tert-OH is 2. The van der Waals surface area contributed by atoms with Crippen molar-refractivity contribution in [2.45, 2.75) is 140 Å². The van der Waals surface area contributed by atoms with Crippen LogP contribution in [0.5, 0.6) is 0 Å². The van der Waals surface area contributed by atoms with E-state index >= 15 is 0 Å². The van der Waals surface area contributed by atoms with Crippen LogP contribution in [0.25, 0.3) is 0 Å². The van der Waals surface area contributed by atoms with Crippen molar-refractivity contribution in [3.8, 4) is 0 Å². The molecule has 4 saturated carbocycles. The average molecular weight is 622 g/mol. The van der Waals surface area contributed by atoms with Crippen LogP contribution < -0.4 is 11.1 Å². The van der Waals surface area contributed by atoms with Gasteiger partial charge in [-0.05, 0) is 127 Å². The largest absolute Gasteiger partial charge is 0.481 e. The number of carboxylic acids is 1. The minimum atomic E-state index is -1.05. The Morgan fingerprint density at radius 3 is 2.50 bits per heavy atom. The summed E-state index contributed by atoms with van der Waals surface area (Å²) in [6.45, 7) is 8.55. The lowest BCUT2D eigenvalue weighted by molar-refractivity contribution is -0.303. The maximum absolute atomic E-state index is 12.1. The normalized spacial score (nSPS) is 51.8. The molecule has 0 spiro atoms. The molecule has 0 unspecified atom stereocenters. The minimum absolute atomic E-state index is 0.000233. The Hall–Kier alpha value is -0.850. The second kappa shape index (κ2) is 12.3. The van der Waals surface area contributed by atoms with Crippen molar-refractivity contribution in [1.29, 1.82) is 0 Å². The van der Waals surface area contributed by atoms with Crippen molar-refractivity contribution >= 4 is 5.97 Å². The summed E-state index contributed by atoms with van der Waals surface area (Å²) in [7, 11) is 4.17. The summed E-state index contributed by atoms with van der Waals surface area (Å²) in [4.78, 5) is 14.3. The molecule has 10 nitrogen and oxygen atoms in total. The molecule has 2 heterocycles. The number of rotatable bonds is 9. The van der Waals surface area contributed by atoms with Gasteiger partial charge in [-0.2, -0.15) is 0 Å². The third-order valence-electron chi connectivity index (χ3n) is 13.8. The van der Waals surface area contributed by atoms with Gasteiger partial charge in [-0.1, -0.05) is 13.8 Å². The molecule has 252 valence electrons. The average Bonchev–Trinajstić information content (AvgIpc) is 3.17. The number of carbonyl (C=O) groups is 1. The van der Waals surface area contributed by atoms with Crippen LogP contribution in [0.4, 0.5) is 0 Å². The van der Waals surface area contributed by atoms with E-state index in [2.05, 4.69) is 38.2 Å². The number of hydrogen-bond donors (Lipinski definition) is 5. The van der Waals surface area contributed by atoms with Crippen LogP contribution in [-0.2, 0) is 19.0 Å². The first kappa shape index (κ1) is 33.1. The van der Waals surface area contributed by atoms with Crippen molar-refractivity contribution < 1.29 is 34.3 Å². The van der Waals surface area contributed by atoms with Gasteiger partial charge in [0.25, 0.3) is 0 Å². The SMILES string of the molecule is C[C@@H]1O[C@@H](O[C@H]2CC[C@@]3(C)[C@H](CC[C@@H]4[C@@H]3CC[C@]3(C)[C@@H]5CC[C@]43O[C@@H](NCCCN(C)C)[C@H]5CC(=O)O)C2)[C@H](O)[C@@H](N)[C@H]1O. The zero-order valence-corrected chi connectivity index (χ0v) is 27.6. The van der Waals surface area contributed by atoms with Crippen molar-refractivity contribution in [1.82, 2.24) is 10.2 Å². The number of ether oxygens (including phenoxy) is 3. The van der Waals surface area contributed by atoms with E-state index in [1.807, 2.05) is 0 Å². The second-order valence-corrected chi connectivity index (χ2v) is 16.2. The minimum Gasteiger partial charge on any atom is -0.481 e. The first-order valence-corrected chi connectivity index (χ1v) is 17.5. The molecule has 6 fully saturated rings. The Kier molecular flexibility index (Phi) is 9.25. The fourth-order valence-electron chi connectivity index (χ4n) is 11.5. The summed E-state index contributed by atoms with van der Waals surface area (Å²) in [5.74, 6) is 1.22. The van der Waals surface area contributed by atoms with Gasteiger partial charge in [0.2, 0.25) is 0 Å². The van der Waals surface area contributed by atoms with Gasteiger partial charge in [-0.25, -0.2) is 0 Å². The third-order valence-corrected chi connectivity index (χ3v) is 13.8. The fourth-order valence-corrected chi connectivity index (χ4v) is 11.5. The van der Waals surface area contributed by atoms with E-state index in [-0.39, 0.29) is 41.1 Å². The monoisotopic (exact) mass is 621 g/mol. The highest BCUT2D eigenvalue weighted by molar-refractivity contribution is 5.67. The quantitative estimate of drug-likeness (QED) is 0.192. The molecule has 0 radical (unpaired) electrons. The summed E-state index contributed by atoms with van der Waals surface area (Å²) in [5, 5.41) is 34.5. The lowest BCUT2D eigenvalue weighted by Crippen LogP contribution is -2.69. The summed E-state index contributed by atoms with van der Waals surface area (Å²) in [5.41, 5.74) is 6.08. The van der Waals surface area contributed by atoms with Gasteiger partial charge in [0.1, 0.15) is 12.3 Å². The summed E-state index contributed by atoms with van der Waals surface area (Å²) in [6.07, 6.45) is 7.28. The van der Waals surface area contributed by atoms with Gasteiger partial charge in [0.05, 0.1) is 36.4 Å². The number of nitrogens with zero attached hydrogens (tertiary/aromatic N) is 1. The topological polar surface area (TPSA) is 147 Å². The first-order valence-electron chi connectivity index (χ1n) is 17.5. The third kappa shape index (κ3) is 5.37. The highest BCUT2D eigenvalue weighted by atomic mass is 16.7. The van der Waals surface area contributed by atoms with Crippen LogP contribution in [0.1, 0.15) is 91.4 Å². The molecule has 4 aliphatic carbocycles.